The van der Waals surface area contributed by atoms with Crippen LogP contribution in [-0.2, 0) is 4.79 Å². The first-order valence-corrected chi connectivity index (χ1v) is 8.10. The first-order chi connectivity index (χ1) is 9.87. The maximum Gasteiger partial charge on any atom is 0.314 e. The topological polar surface area (TPSA) is 78.4 Å². The molecule has 1 fully saturated rings. The average molecular weight is 298 g/mol. The van der Waals surface area contributed by atoms with Gasteiger partial charge in [0.2, 0.25) is 0 Å². The van der Waals surface area contributed by atoms with Gasteiger partial charge in [-0.05, 0) is 42.9 Å². The van der Waals surface area contributed by atoms with Gasteiger partial charge in [0.15, 0.2) is 0 Å². The third-order valence-corrected chi connectivity index (χ3v) is 4.61. The molecule has 1 atom stereocenters. The molecule has 0 aromatic rings. The summed E-state index contributed by atoms with van der Waals surface area (Å²) >= 11 is 0. The Balaban J connectivity index is 2.30. The van der Waals surface area contributed by atoms with Gasteiger partial charge in [-0.15, -0.1) is 0 Å². The molecule has 5 nitrogen and oxygen atoms in total. The van der Waals surface area contributed by atoms with E-state index < -0.39 is 5.97 Å². The molecule has 0 bridgehead atoms. The van der Waals surface area contributed by atoms with E-state index in [0.29, 0.717) is 17.9 Å². The average Bonchev–Trinajstić information content (AvgIpc) is 2.34. The van der Waals surface area contributed by atoms with Crippen molar-refractivity contribution >= 4 is 12.0 Å². The van der Waals surface area contributed by atoms with E-state index in [4.69, 9.17) is 5.11 Å². The number of urea groups is 1. The Kier molecular flexibility index (Phi) is 6.99. The lowest BCUT2D eigenvalue weighted by Gasteiger charge is -2.41. The number of carbonyl (C=O) groups is 2. The summed E-state index contributed by atoms with van der Waals surface area (Å²) in [5.74, 6) is -0.378. The van der Waals surface area contributed by atoms with E-state index in [1.54, 1.807) is 0 Å². The van der Waals surface area contributed by atoms with E-state index in [1.165, 1.54) is 19.3 Å². The van der Waals surface area contributed by atoms with Crippen molar-refractivity contribution in [3.63, 3.8) is 0 Å². The lowest BCUT2D eigenvalue weighted by molar-refractivity contribution is -0.138. The van der Waals surface area contributed by atoms with Crippen LogP contribution in [0.5, 0.6) is 0 Å². The first kappa shape index (κ1) is 17.8. The van der Waals surface area contributed by atoms with E-state index in [0.717, 1.165) is 19.4 Å². The van der Waals surface area contributed by atoms with Gasteiger partial charge in [0.25, 0.3) is 0 Å². The second kappa shape index (κ2) is 8.25. The van der Waals surface area contributed by atoms with Crippen LogP contribution in [0.3, 0.4) is 0 Å². The third-order valence-electron chi connectivity index (χ3n) is 4.61. The maximum atomic E-state index is 11.9. The summed E-state index contributed by atoms with van der Waals surface area (Å²) in [7, 11) is 0. The van der Waals surface area contributed by atoms with Gasteiger partial charge in [0.05, 0.1) is 0 Å². The van der Waals surface area contributed by atoms with Crippen molar-refractivity contribution in [1.82, 2.24) is 10.6 Å². The van der Waals surface area contributed by atoms with Gasteiger partial charge in [-0.25, -0.2) is 4.79 Å². The van der Waals surface area contributed by atoms with Gasteiger partial charge < -0.3 is 15.7 Å². The molecule has 0 aromatic heterocycles. The molecule has 21 heavy (non-hydrogen) atoms. The molecule has 0 spiro atoms. The van der Waals surface area contributed by atoms with Gasteiger partial charge >= 0.3 is 12.0 Å². The highest BCUT2D eigenvalue weighted by Gasteiger charge is 2.35. The van der Waals surface area contributed by atoms with E-state index in [-0.39, 0.29) is 18.4 Å². The highest BCUT2D eigenvalue weighted by molar-refractivity contribution is 5.74. The van der Waals surface area contributed by atoms with Crippen molar-refractivity contribution < 1.29 is 14.7 Å². The summed E-state index contributed by atoms with van der Waals surface area (Å²) in [6, 6.07) is -0.172. The Bertz CT molecular complexity index is 346. The zero-order valence-corrected chi connectivity index (χ0v) is 13.6. The second-order valence-corrected chi connectivity index (χ2v) is 6.86. The summed E-state index contributed by atoms with van der Waals surface area (Å²) in [6.07, 6.45) is 5.66. The number of aliphatic carboxylic acids is 1. The molecule has 122 valence electrons. The predicted molar refractivity (Wildman–Crippen MR) is 83.2 cm³/mol. The van der Waals surface area contributed by atoms with Crippen molar-refractivity contribution in [2.24, 2.45) is 17.3 Å². The van der Waals surface area contributed by atoms with Crippen LogP contribution in [0.15, 0.2) is 0 Å². The zero-order chi connectivity index (χ0) is 15.9. The fraction of sp³-hybridized carbons (Fsp3) is 0.875. The molecular weight excluding hydrogens is 268 g/mol. The smallest absolute Gasteiger partial charge is 0.314 e. The minimum absolute atomic E-state index is 0.00270. The molecule has 5 heteroatoms. The van der Waals surface area contributed by atoms with Crippen molar-refractivity contribution in [3.8, 4) is 0 Å². The minimum atomic E-state index is -0.803. The quantitative estimate of drug-likeness (QED) is 0.612. The van der Waals surface area contributed by atoms with Crippen LogP contribution in [0.4, 0.5) is 4.79 Å². The Morgan fingerprint density at radius 1 is 1.24 bits per heavy atom. The van der Waals surface area contributed by atoms with Crippen LogP contribution in [0.2, 0.25) is 0 Å². The number of carbonyl (C=O) groups excluding carboxylic acids is 1. The van der Waals surface area contributed by atoms with E-state index in [2.05, 4.69) is 31.4 Å². The molecule has 1 aliphatic carbocycles. The molecule has 2 amide bonds. The lowest BCUT2D eigenvalue weighted by Crippen LogP contribution is -2.46. The Labute approximate surface area is 127 Å². The molecule has 0 saturated heterocycles. The number of amides is 2. The zero-order valence-electron chi connectivity index (χ0n) is 13.6. The Hall–Kier alpha value is -1.26. The molecular formula is C16H30N2O3. The van der Waals surface area contributed by atoms with E-state index in [9.17, 15) is 9.59 Å². The molecule has 1 saturated carbocycles. The number of hydrogen-bond donors (Lipinski definition) is 3. The molecule has 1 aliphatic rings. The van der Waals surface area contributed by atoms with Crippen LogP contribution in [0.25, 0.3) is 0 Å². The fourth-order valence-corrected chi connectivity index (χ4v) is 3.05. The number of carboxylic acid groups (broad SMARTS) is 1. The largest absolute Gasteiger partial charge is 0.481 e. The fourth-order valence-electron chi connectivity index (χ4n) is 3.05. The Morgan fingerprint density at radius 3 is 2.33 bits per heavy atom. The van der Waals surface area contributed by atoms with Crippen LogP contribution >= 0.6 is 0 Å². The molecule has 0 heterocycles. The van der Waals surface area contributed by atoms with Crippen molar-refractivity contribution in [3.05, 3.63) is 0 Å². The van der Waals surface area contributed by atoms with Crippen molar-refractivity contribution in [1.29, 1.82) is 0 Å². The minimum Gasteiger partial charge on any atom is -0.481 e. The predicted octanol–water partition coefficient (Wildman–Crippen LogP) is 3.00. The number of rotatable bonds is 9. The van der Waals surface area contributed by atoms with E-state index >= 15 is 0 Å². The van der Waals surface area contributed by atoms with Crippen LogP contribution < -0.4 is 10.6 Å². The van der Waals surface area contributed by atoms with Crippen molar-refractivity contribution in [2.45, 2.75) is 59.3 Å². The van der Waals surface area contributed by atoms with Crippen LogP contribution in [-0.4, -0.2) is 30.2 Å². The monoisotopic (exact) mass is 298 g/mol. The highest BCUT2D eigenvalue weighted by Crippen LogP contribution is 2.42. The Morgan fingerprint density at radius 2 is 1.90 bits per heavy atom. The highest BCUT2D eigenvalue weighted by atomic mass is 16.4. The van der Waals surface area contributed by atoms with Gasteiger partial charge in [-0.3, -0.25) is 4.79 Å². The number of nitrogens with one attached hydrogen (secondary N) is 2. The van der Waals surface area contributed by atoms with Gasteiger partial charge in [0, 0.05) is 19.5 Å². The second-order valence-electron chi connectivity index (χ2n) is 6.86. The third kappa shape index (κ3) is 6.36. The molecule has 0 unspecified atom stereocenters. The summed E-state index contributed by atoms with van der Waals surface area (Å²) in [5, 5.41) is 14.7. The number of carboxylic acids is 1. The molecule has 3 N–H and O–H groups in total. The SMILES string of the molecule is CCC1(CNC(=O)NC[C@H](CC(=O)O)CC(C)C)CCC1. The maximum absolute atomic E-state index is 11.9. The molecule has 0 aliphatic heterocycles. The first-order valence-electron chi connectivity index (χ1n) is 8.10. The summed E-state index contributed by atoms with van der Waals surface area (Å²) in [4.78, 5) is 22.7. The summed E-state index contributed by atoms with van der Waals surface area (Å²) in [6.45, 7) is 7.45. The van der Waals surface area contributed by atoms with Crippen LogP contribution in [0, 0.1) is 17.3 Å². The summed E-state index contributed by atoms with van der Waals surface area (Å²) < 4.78 is 0. The molecule has 0 radical (unpaired) electrons. The van der Waals surface area contributed by atoms with Gasteiger partial charge in [-0.1, -0.05) is 27.2 Å². The standard InChI is InChI=1S/C16H30N2O3/c1-4-16(6-5-7-16)11-18-15(21)17-10-13(8-12(2)3)9-14(19)20/h12-13H,4-11H2,1-3H3,(H,19,20)(H2,17,18,21)/t13-/m0/s1. The molecule has 0 aromatic carbocycles. The van der Waals surface area contributed by atoms with E-state index in [1.807, 2.05) is 0 Å². The summed E-state index contributed by atoms with van der Waals surface area (Å²) in [5.41, 5.74) is 0.301. The van der Waals surface area contributed by atoms with Gasteiger partial charge in [0.1, 0.15) is 0 Å². The number of hydrogen-bond acceptors (Lipinski definition) is 2. The van der Waals surface area contributed by atoms with Crippen LogP contribution in [0.1, 0.15) is 59.3 Å². The van der Waals surface area contributed by atoms with Gasteiger partial charge in [-0.2, -0.15) is 0 Å². The lowest BCUT2D eigenvalue weighted by atomic mass is 9.67. The molecule has 1 rings (SSSR count). The van der Waals surface area contributed by atoms with Crippen molar-refractivity contribution in [2.75, 3.05) is 13.1 Å². The normalized spacial score (nSPS) is 17.9.